The highest BCUT2D eigenvalue weighted by Crippen LogP contribution is 2.11. The molecule has 0 aromatic carbocycles. The highest BCUT2D eigenvalue weighted by Gasteiger charge is 2.24. The molecule has 1 saturated heterocycles. The van der Waals surface area contributed by atoms with Crippen molar-refractivity contribution >= 4 is 36.0 Å². The maximum Gasteiger partial charge on any atom is 0.408 e. The molecule has 0 bridgehead atoms. The quantitative estimate of drug-likeness (QED) is 0.413. The number of amides is 1. The Hall–Kier alpha value is -0.730. The molecule has 1 fully saturated rings. The molecule has 0 aliphatic carbocycles. The van der Waals surface area contributed by atoms with Crippen LogP contribution in [0.25, 0.3) is 0 Å². The fourth-order valence-electron chi connectivity index (χ4n) is 2.12. The summed E-state index contributed by atoms with van der Waals surface area (Å²) in [5.41, 5.74) is 5.02. The summed E-state index contributed by atoms with van der Waals surface area (Å²) in [7, 11) is 0. The molecular weight excluding hydrogens is 395 g/mol. The summed E-state index contributed by atoms with van der Waals surface area (Å²) in [6.45, 7) is 11.7. The van der Waals surface area contributed by atoms with Gasteiger partial charge >= 0.3 is 6.09 Å². The number of rotatable bonds is 3. The highest BCUT2D eigenvalue weighted by molar-refractivity contribution is 14.0. The minimum absolute atomic E-state index is 0. The van der Waals surface area contributed by atoms with E-state index in [-0.39, 0.29) is 24.0 Å². The van der Waals surface area contributed by atoms with Gasteiger partial charge in [-0.15, -0.1) is 24.0 Å². The van der Waals surface area contributed by atoms with Gasteiger partial charge in [-0.25, -0.2) is 4.79 Å². The first kappa shape index (κ1) is 21.3. The fraction of sp³-hybridized carbons (Fsp3) is 0.867. The monoisotopic (exact) mass is 426 g/mol. The van der Waals surface area contributed by atoms with Crippen LogP contribution in [0.5, 0.6) is 0 Å². The van der Waals surface area contributed by atoms with Crippen LogP contribution in [-0.4, -0.2) is 47.7 Å². The first-order valence-corrected chi connectivity index (χ1v) is 7.65. The largest absolute Gasteiger partial charge is 0.444 e. The summed E-state index contributed by atoms with van der Waals surface area (Å²) >= 11 is 0. The van der Waals surface area contributed by atoms with Gasteiger partial charge in [0.1, 0.15) is 5.60 Å². The van der Waals surface area contributed by atoms with E-state index in [0.717, 1.165) is 25.9 Å². The Morgan fingerprint density at radius 1 is 1.18 bits per heavy atom. The van der Waals surface area contributed by atoms with Gasteiger partial charge in [0.25, 0.3) is 0 Å². The van der Waals surface area contributed by atoms with Crippen LogP contribution in [-0.2, 0) is 4.74 Å². The Bertz CT molecular complexity index is 385. The minimum atomic E-state index is -0.504. The Kier molecular flexibility index (Phi) is 8.49. The third-order valence-electron chi connectivity index (χ3n) is 3.16. The summed E-state index contributed by atoms with van der Waals surface area (Å²) in [4.78, 5) is 18.3. The van der Waals surface area contributed by atoms with E-state index in [4.69, 9.17) is 10.5 Å². The number of nitrogens with two attached hydrogens (primary N) is 1. The van der Waals surface area contributed by atoms with Gasteiger partial charge in [0, 0.05) is 13.1 Å². The predicted molar refractivity (Wildman–Crippen MR) is 101 cm³/mol. The summed E-state index contributed by atoms with van der Waals surface area (Å²) in [5.74, 6) is 0.564. The number of likely N-dealkylation sites (tertiary alicyclic amines) is 1. The number of carbonyl (C=O) groups is 1. The van der Waals surface area contributed by atoms with E-state index in [1.807, 2.05) is 34.6 Å². The topological polar surface area (TPSA) is 80.0 Å². The smallest absolute Gasteiger partial charge is 0.408 e. The van der Waals surface area contributed by atoms with Crippen LogP contribution in [0.15, 0.2) is 4.99 Å². The second kappa shape index (κ2) is 8.79. The number of piperidine rings is 1. The summed E-state index contributed by atoms with van der Waals surface area (Å²) in [6.07, 6.45) is 3.15. The summed E-state index contributed by atoms with van der Waals surface area (Å²) in [6, 6.07) is 0. The van der Waals surface area contributed by atoms with Crippen LogP contribution >= 0.6 is 24.0 Å². The van der Waals surface area contributed by atoms with Crippen LogP contribution in [0.2, 0.25) is 0 Å². The molecule has 0 unspecified atom stereocenters. The molecule has 1 heterocycles. The van der Waals surface area contributed by atoms with Gasteiger partial charge in [-0.1, -0.05) is 0 Å². The van der Waals surface area contributed by atoms with E-state index in [0.29, 0.717) is 12.5 Å². The van der Waals surface area contributed by atoms with E-state index >= 15 is 0 Å². The maximum atomic E-state index is 11.8. The molecule has 3 N–H and O–H groups in total. The number of ether oxygens (including phenoxy) is 1. The van der Waals surface area contributed by atoms with E-state index in [2.05, 4.69) is 15.2 Å². The second-order valence-electron chi connectivity index (χ2n) is 7.23. The van der Waals surface area contributed by atoms with Crippen LogP contribution in [0.3, 0.4) is 0 Å². The number of carbonyl (C=O) groups excluding carboxylic acids is 1. The molecule has 0 saturated carbocycles. The number of hydrogen-bond donors (Lipinski definition) is 2. The average Bonchev–Trinajstić information content (AvgIpc) is 2.34. The Labute approximate surface area is 151 Å². The number of aliphatic imine (C=N–C) groups is 1. The Morgan fingerprint density at radius 3 is 2.23 bits per heavy atom. The molecule has 0 radical (unpaired) electrons. The lowest BCUT2D eigenvalue weighted by Crippen LogP contribution is -2.49. The van der Waals surface area contributed by atoms with E-state index in [9.17, 15) is 4.79 Å². The zero-order valence-corrected chi connectivity index (χ0v) is 16.8. The van der Waals surface area contributed by atoms with Crippen LogP contribution < -0.4 is 11.1 Å². The lowest BCUT2D eigenvalue weighted by Gasteiger charge is -2.30. The highest BCUT2D eigenvalue weighted by atomic mass is 127. The lowest BCUT2D eigenvalue weighted by atomic mass is 10.1. The minimum Gasteiger partial charge on any atom is -0.444 e. The molecule has 22 heavy (non-hydrogen) atoms. The van der Waals surface area contributed by atoms with Gasteiger partial charge in [-0.2, -0.15) is 0 Å². The van der Waals surface area contributed by atoms with Crippen molar-refractivity contribution in [1.29, 1.82) is 0 Å². The van der Waals surface area contributed by atoms with Gasteiger partial charge in [0.15, 0.2) is 5.96 Å². The second-order valence-corrected chi connectivity index (χ2v) is 7.23. The summed E-state index contributed by atoms with van der Waals surface area (Å²) < 4.78 is 5.26. The first-order chi connectivity index (χ1) is 9.59. The molecule has 1 aliphatic heterocycles. The van der Waals surface area contributed by atoms with Crippen molar-refractivity contribution in [1.82, 2.24) is 10.2 Å². The zero-order chi connectivity index (χ0) is 16.1. The summed E-state index contributed by atoms with van der Waals surface area (Å²) in [5, 5.41) is 2.83. The van der Waals surface area contributed by atoms with E-state index in [1.165, 1.54) is 6.42 Å². The Balaban J connectivity index is 0.00000441. The fourth-order valence-corrected chi connectivity index (χ4v) is 2.12. The van der Waals surface area contributed by atoms with Crippen molar-refractivity contribution in [2.24, 2.45) is 10.7 Å². The van der Waals surface area contributed by atoms with Crippen molar-refractivity contribution in [3.05, 3.63) is 0 Å². The van der Waals surface area contributed by atoms with E-state index in [1.54, 1.807) is 0 Å². The molecule has 1 rings (SSSR count). The normalized spacial score (nSPS) is 16.8. The van der Waals surface area contributed by atoms with Crippen molar-refractivity contribution < 1.29 is 9.53 Å². The number of halogens is 1. The molecule has 130 valence electrons. The molecule has 0 spiro atoms. The van der Waals surface area contributed by atoms with Gasteiger partial charge in [-0.05, 0) is 53.9 Å². The third-order valence-corrected chi connectivity index (χ3v) is 3.16. The molecule has 6 nitrogen and oxygen atoms in total. The molecule has 1 amide bonds. The number of guanidine groups is 1. The molecule has 0 aromatic rings. The Morgan fingerprint density at radius 2 is 1.73 bits per heavy atom. The van der Waals surface area contributed by atoms with Gasteiger partial charge in [0.05, 0.1) is 12.1 Å². The van der Waals surface area contributed by atoms with Crippen molar-refractivity contribution in [2.45, 2.75) is 65.0 Å². The van der Waals surface area contributed by atoms with Crippen LogP contribution in [0, 0.1) is 0 Å². The number of hydrogen-bond acceptors (Lipinski definition) is 3. The zero-order valence-electron chi connectivity index (χ0n) is 14.4. The molecule has 0 aromatic heterocycles. The van der Waals surface area contributed by atoms with Crippen molar-refractivity contribution in [3.63, 3.8) is 0 Å². The number of nitrogens with one attached hydrogen (secondary N) is 1. The molecule has 0 atom stereocenters. The average molecular weight is 426 g/mol. The van der Waals surface area contributed by atoms with Crippen LogP contribution in [0.4, 0.5) is 4.79 Å². The third kappa shape index (κ3) is 8.65. The van der Waals surface area contributed by atoms with Gasteiger partial charge in [0.2, 0.25) is 0 Å². The van der Waals surface area contributed by atoms with Gasteiger partial charge < -0.3 is 20.7 Å². The molecule has 7 heteroatoms. The van der Waals surface area contributed by atoms with Gasteiger partial charge in [-0.3, -0.25) is 4.99 Å². The number of alkyl carbamates (subject to hydrolysis) is 1. The first-order valence-electron chi connectivity index (χ1n) is 7.65. The van der Waals surface area contributed by atoms with Crippen molar-refractivity contribution in [3.8, 4) is 0 Å². The number of nitrogens with zero attached hydrogens (tertiary/aromatic N) is 2. The lowest BCUT2D eigenvalue weighted by molar-refractivity contribution is 0.0476. The molecule has 1 aliphatic rings. The molecular formula is C15H31IN4O2. The van der Waals surface area contributed by atoms with Crippen molar-refractivity contribution in [2.75, 3.05) is 19.6 Å². The predicted octanol–water partition coefficient (Wildman–Crippen LogP) is 2.71. The van der Waals surface area contributed by atoms with E-state index < -0.39 is 17.2 Å². The van der Waals surface area contributed by atoms with Crippen LogP contribution in [0.1, 0.15) is 53.9 Å². The SMILES string of the molecule is CC(C)(CN=C(N)N1CCCCC1)NC(=O)OC(C)(C)C.I. The standard InChI is InChI=1S/C15H30N4O2.HI/c1-14(2,3)21-13(20)18-15(4,5)11-17-12(16)19-9-7-6-8-10-19;/h6-11H2,1-5H3,(H2,16,17)(H,18,20);1H. The maximum absolute atomic E-state index is 11.8.